The lowest BCUT2D eigenvalue weighted by atomic mass is 10.1. The molecule has 0 radical (unpaired) electrons. The van der Waals surface area contributed by atoms with E-state index in [-0.39, 0.29) is 18.0 Å². The largest absolute Gasteiger partial charge is 0.333 e. The zero-order chi connectivity index (χ0) is 18.7. The molecule has 6 heteroatoms. The van der Waals surface area contributed by atoms with E-state index in [9.17, 15) is 9.59 Å². The Morgan fingerprint density at radius 1 is 1.31 bits per heavy atom. The summed E-state index contributed by atoms with van der Waals surface area (Å²) in [6.07, 6.45) is 2.77. The molecular formula is C20H31N4O2+. The number of likely N-dealkylation sites (tertiary alicyclic amines) is 1. The first-order chi connectivity index (χ1) is 12.5. The molecule has 2 heterocycles. The minimum Gasteiger partial charge on any atom is -0.333 e. The summed E-state index contributed by atoms with van der Waals surface area (Å²) in [5.74, 6) is 0.0657. The molecule has 26 heavy (non-hydrogen) atoms. The van der Waals surface area contributed by atoms with Gasteiger partial charge in [0.25, 0.3) is 0 Å². The predicted octanol–water partition coefficient (Wildman–Crippen LogP) is 0.775. The fourth-order valence-corrected chi connectivity index (χ4v) is 4.10. The number of quaternary nitrogens is 1. The van der Waals surface area contributed by atoms with Crippen LogP contribution < -0.4 is 20.4 Å². The molecule has 142 valence electrons. The minimum absolute atomic E-state index is 0.0657. The first-order valence-corrected chi connectivity index (χ1v) is 9.74. The fourth-order valence-electron chi connectivity index (χ4n) is 4.10. The molecule has 2 aliphatic rings. The van der Waals surface area contributed by atoms with Gasteiger partial charge in [0.1, 0.15) is 6.04 Å². The number of aryl methyl sites for hydroxylation is 2. The van der Waals surface area contributed by atoms with E-state index in [4.69, 9.17) is 0 Å². The molecule has 1 aromatic carbocycles. The molecule has 1 aromatic rings. The van der Waals surface area contributed by atoms with E-state index in [1.54, 1.807) is 9.80 Å². The smallest absolute Gasteiger partial charge is 0.315 e. The third-order valence-corrected chi connectivity index (χ3v) is 5.85. The number of nitrogens with one attached hydrogen (secondary N) is 3. The van der Waals surface area contributed by atoms with Crippen LogP contribution in [0.15, 0.2) is 18.2 Å². The van der Waals surface area contributed by atoms with E-state index < -0.39 is 0 Å². The maximum atomic E-state index is 12.4. The Kier molecular flexibility index (Phi) is 5.81. The Labute approximate surface area is 155 Å². The second-order valence-corrected chi connectivity index (χ2v) is 7.63. The number of urea groups is 1. The number of carbonyl (C=O) groups is 2. The first-order valence-electron chi connectivity index (χ1n) is 9.74. The summed E-state index contributed by atoms with van der Waals surface area (Å²) in [5.41, 5.74) is 3.30. The van der Waals surface area contributed by atoms with Crippen LogP contribution in [0.25, 0.3) is 0 Å². The third-order valence-electron chi connectivity index (χ3n) is 5.85. The molecule has 2 fully saturated rings. The van der Waals surface area contributed by atoms with Gasteiger partial charge in [-0.2, -0.15) is 0 Å². The third kappa shape index (κ3) is 4.18. The Hall–Kier alpha value is -2.08. The lowest BCUT2D eigenvalue weighted by Crippen LogP contribution is -3.14. The fraction of sp³-hybridized carbons (Fsp3) is 0.600. The number of hydrogen-bond donors (Lipinski definition) is 3. The lowest BCUT2D eigenvalue weighted by molar-refractivity contribution is -0.909. The first kappa shape index (κ1) is 18.7. The summed E-state index contributed by atoms with van der Waals surface area (Å²) >= 11 is 0. The highest BCUT2D eigenvalue weighted by Gasteiger charge is 2.32. The standard InChI is InChI=1S/C20H30N4O2/c1-4-23-9-5-6-18(23)12-21-20(26)22-16-11-19(25)24(13-16)17-8-7-14(2)15(3)10-17/h7-8,10,16,18H,4-6,9,11-13H2,1-3H3,(H2,21,22,26)/p+1/t16-,18-/m1/s1. The van der Waals surface area contributed by atoms with Gasteiger partial charge in [-0.15, -0.1) is 0 Å². The van der Waals surface area contributed by atoms with Crippen molar-refractivity contribution in [1.82, 2.24) is 10.6 Å². The van der Waals surface area contributed by atoms with Gasteiger partial charge >= 0.3 is 6.03 Å². The van der Waals surface area contributed by atoms with Gasteiger partial charge < -0.3 is 20.4 Å². The van der Waals surface area contributed by atoms with Crippen molar-refractivity contribution in [2.24, 2.45) is 0 Å². The van der Waals surface area contributed by atoms with Crippen LogP contribution in [-0.4, -0.2) is 50.2 Å². The molecule has 0 spiro atoms. The highest BCUT2D eigenvalue weighted by molar-refractivity contribution is 5.96. The summed E-state index contributed by atoms with van der Waals surface area (Å²) < 4.78 is 0. The number of amides is 3. The zero-order valence-electron chi connectivity index (χ0n) is 16.1. The molecule has 0 aromatic heterocycles. The quantitative estimate of drug-likeness (QED) is 0.727. The zero-order valence-corrected chi connectivity index (χ0v) is 16.1. The van der Waals surface area contributed by atoms with E-state index >= 15 is 0 Å². The lowest BCUT2D eigenvalue weighted by Gasteiger charge is -2.21. The van der Waals surface area contributed by atoms with Crippen molar-refractivity contribution in [2.45, 2.75) is 52.1 Å². The van der Waals surface area contributed by atoms with Crippen molar-refractivity contribution in [3.8, 4) is 0 Å². The second kappa shape index (κ2) is 8.08. The normalized spacial score (nSPS) is 25.6. The van der Waals surface area contributed by atoms with Crippen molar-refractivity contribution in [1.29, 1.82) is 0 Å². The number of rotatable bonds is 5. The monoisotopic (exact) mass is 359 g/mol. The summed E-state index contributed by atoms with van der Waals surface area (Å²) in [5, 5.41) is 5.97. The van der Waals surface area contributed by atoms with Crippen LogP contribution in [0.5, 0.6) is 0 Å². The van der Waals surface area contributed by atoms with Gasteiger partial charge in [-0.1, -0.05) is 6.07 Å². The molecular weight excluding hydrogens is 328 g/mol. The molecule has 6 nitrogen and oxygen atoms in total. The number of likely N-dealkylation sites (N-methyl/N-ethyl adjacent to an activating group) is 1. The van der Waals surface area contributed by atoms with E-state index in [2.05, 4.69) is 24.5 Å². The maximum Gasteiger partial charge on any atom is 0.315 e. The van der Waals surface area contributed by atoms with Crippen molar-refractivity contribution < 1.29 is 14.5 Å². The SMILES string of the molecule is CC[NH+]1CCC[C@@H]1CNC(=O)N[C@@H]1CC(=O)N(c2ccc(C)c(C)c2)C1. The molecule has 3 amide bonds. The summed E-state index contributed by atoms with van der Waals surface area (Å²) in [6, 6.07) is 6.27. The number of carbonyl (C=O) groups excluding carboxylic acids is 2. The van der Waals surface area contributed by atoms with Gasteiger partial charge in [0.15, 0.2) is 0 Å². The van der Waals surface area contributed by atoms with E-state index in [0.717, 1.165) is 12.2 Å². The van der Waals surface area contributed by atoms with Crippen LogP contribution in [0.4, 0.5) is 10.5 Å². The van der Waals surface area contributed by atoms with Gasteiger partial charge in [-0.05, 0) is 44.0 Å². The van der Waals surface area contributed by atoms with Gasteiger partial charge in [-0.25, -0.2) is 4.79 Å². The Balaban J connectivity index is 1.50. The van der Waals surface area contributed by atoms with Crippen LogP contribution in [0.2, 0.25) is 0 Å². The number of benzene rings is 1. The van der Waals surface area contributed by atoms with Crippen LogP contribution in [-0.2, 0) is 4.79 Å². The number of anilines is 1. The topological polar surface area (TPSA) is 65.9 Å². The van der Waals surface area contributed by atoms with Crippen LogP contribution in [0.3, 0.4) is 0 Å². The Morgan fingerprint density at radius 2 is 2.12 bits per heavy atom. The van der Waals surface area contributed by atoms with E-state index in [0.29, 0.717) is 25.6 Å². The summed E-state index contributed by atoms with van der Waals surface area (Å²) in [7, 11) is 0. The van der Waals surface area contributed by atoms with Crippen LogP contribution in [0.1, 0.15) is 37.3 Å². The Bertz CT molecular complexity index is 676. The molecule has 0 bridgehead atoms. The summed E-state index contributed by atoms with van der Waals surface area (Å²) in [4.78, 5) is 27.9. The average molecular weight is 359 g/mol. The molecule has 2 aliphatic heterocycles. The van der Waals surface area contributed by atoms with E-state index in [1.807, 2.05) is 25.1 Å². The molecule has 3 rings (SSSR count). The summed E-state index contributed by atoms with van der Waals surface area (Å²) in [6.45, 7) is 9.85. The van der Waals surface area contributed by atoms with Crippen LogP contribution in [0, 0.1) is 13.8 Å². The van der Waals surface area contributed by atoms with Crippen molar-refractivity contribution in [3.63, 3.8) is 0 Å². The van der Waals surface area contributed by atoms with Gasteiger partial charge in [-0.3, -0.25) is 4.79 Å². The molecule has 2 saturated heterocycles. The molecule has 0 saturated carbocycles. The molecule has 3 atom stereocenters. The predicted molar refractivity (Wildman–Crippen MR) is 103 cm³/mol. The van der Waals surface area contributed by atoms with Gasteiger partial charge in [0, 0.05) is 31.5 Å². The molecule has 0 aliphatic carbocycles. The van der Waals surface area contributed by atoms with Crippen molar-refractivity contribution >= 4 is 17.6 Å². The Morgan fingerprint density at radius 3 is 2.85 bits per heavy atom. The van der Waals surface area contributed by atoms with E-state index in [1.165, 1.54) is 30.5 Å². The average Bonchev–Trinajstić information content (AvgIpc) is 3.21. The van der Waals surface area contributed by atoms with Crippen LogP contribution >= 0.6 is 0 Å². The highest BCUT2D eigenvalue weighted by Crippen LogP contribution is 2.24. The number of nitrogens with zero attached hydrogens (tertiary/aromatic N) is 1. The highest BCUT2D eigenvalue weighted by atomic mass is 16.2. The number of hydrogen-bond acceptors (Lipinski definition) is 2. The van der Waals surface area contributed by atoms with Gasteiger partial charge in [0.2, 0.25) is 5.91 Å². The van der Waals surface area contributed by atoms with Crippen molar-refractivity contribution in [3.05, 3.63) is 29.3 Å². The van der Waals surface area contributed by atoms with Gasteiger partial charge in [0.05, 0.1) is 25.7 Å². The molecule has 3 N–H and O–H groups in total. The maximum absolute atomic E-state index is 12.4. The molecule has 1 unspecified atom stereocenters. The minimum atomic E-state index is -0.160. The second-order valence-electron chi connectivity index (χ2n) is 7.63. The van der Waals surface area contributed by atoms with Crippen molar-refractivity contribution in [2.75, 3.05) is 31.1 Å².